The first kappa shape index (κ1) is 28.7. The smallest absolute Gasteiger partial charge is 0.341 e. The van der Waals surface area contributed by atoms with Crippen LogP contribution in [-0.2, 0) is 11.3 Å². The van der Waals surface area contributed by atoms with Gasteiger partial charge in [-0.2, -0.15) is 0 Å². The normalized spacial score (nSPS) is 10.7. The summed E-state index contributed by atoms with van der Waals surface area (Å²) in [7, 11) is 0. The van der Waals surface area contributed by atoms with Crippen LogP contribution in [0.1, 0.15) is 40.9 Å². The molecular weight excluding hydrogens is 526 g/mol. The van der Waals surface area contributed by atoms with E-state index >= 15 is 0 Å². The number of aromatic nitrogens is 1. The van der Waals surface area contributed by atoms with E-state index < -0.39 is 12.6 Å². The Morgan fingerprint density at radius 1 is 1.12 bits per heavy atom. The number of nitrogens with zero attached hydrogens (tertiary/aromatic N) is 1. The van der Waals surface area contributed by atoms with Crippen molar-refractivity contribution in [3.63, 3.8) is 0 Å². The lowest BCUT2D eigenvalue weighted by molar-refractivity contribution is -0.139. The number of nitrogens with two attached hydrogens (primary N) is 1. The molecule has 41 heavy (non-hydrogen) atoms. The van der Waals surface area contributed by atoms with Crippen molar-refractivity contribution in [1.29, 1.82) is 5.41 Å². The van der Waals surface area contributed by atoms with Crippen LogP contribution in [0.15, 0.2) is 71.6 Å². The molecule has 0 aliphatic carbocycles. The zero-order chi connectivity index (χ0) is 29.5. The van der Waals surface area contributed by atoms with Crippen LogP contribution in [0.3, 0.4) is 0 Å². The maximum absolute atomic E-state index is 13.3. The molecule has 0 aliphatic heterocycles. The van der Waals surface area contributed by atoms with E-state index in [0.717, 1.165) is 5.56 Å². The lowest BCUT2D eigenvalue weighted by Crippen LogP contribution is -2.17. The predicted octanol–water partition coefficient (Wildman–Crippen LogP) is 5.05. The molecule has 0 aliphatic rings. The Morgan fingerprint density at radius 3 is 2.51 bits per heavy atom. The molecule has 0 atom stereocenters. The fraction of sp³-hybridized carbons (Fsp3) is 0.200. The number of aliphatic carboxylic acids is 1. The second-order valence-electron chi connectivity index (χ2n) is 9.53. The van der Waals surface area contributed by atoms with Crippen LogP contribution < -0.4 is 25.8 Å². The van der Waals surface area contributed by atoms with Gasteiger partial charge in [-0.25, -0.2) is 9.78 Å². The van der Waals surface area contributed by atoms with E-state index in [1.54, 1.807) is 54.7 Å². The standard InChI is InChI=1S/C30H31N5O6/c1-17(2)41-25-12-20(26-14-33-16-40-26)11-21(28(25)39-15-27(36)37)13-34-24-9-4-18(3)10-23(24)30(38)35-22-7-5-19(6-8-22)29(31)32/h4-12,14,16-17,34H,13,15H2,1-3H3,(H3,31,32)(H,35,38)(H,36,37). The van der Waals surface area contributed by atoms with Crippen molar-refractivity contribution >= 4 is 29.1 Å². The van der Waals surface area contributed by atoms with Crippen molar-refractivity contribution in [2.75, 3.05) is 17.2 Å². The average molecular weight is 558 g/mol. The Hall–Kier alpha value is -5.32. The Balaban J connectivity index is 1.66. The summed E-state index contributed by atoms with van der Waals surface area (Å²) in [6.45, 7) is 5.19. The van der Waals surface area contributed by atoms with Crippen molar-refractivity contribution in [3.8, 4) is 22.8 Å². The number of oxazole rings is 1. The maximum Gasteiger partial charge on any atom is 0.341 e. The summed E-state index contributed by atoms with van der Waals surface area (Å²) in [6.07, 6.45) is 2.66. The van der Waals surface area contributed by atoms with E-state index in [4.69, 9.17) is 25.0 Å². The van der Waals surface area contributed by atoms with E-state index in [2.05, 4.69) is 15.6 Å². The number of carbonyl (C=O) groups is 2. The summed E-state index contributed by atoms with van der Waals surface area (Å²) < 4.78 is 17.1. The lowest BCUT2D eigenvalue weighted by atomic mass is 10.0. The minimum Gasteiger partial charge on any atom is -0.487 e. The van der Waals surface area contributed by atoms with Crippen LogP contribution in [0, 0.1) is 12.3 Å². The highest BCUT2D eigenvalue weighted by Crippen LogP contribution is 2.38. The van der Waals surface area contributed by atoms with Gasteiger partial charge in [-0.05, 0) is 69.3 Å². The molecule has 0 fully saturated rings. The number of amidine groups is 1. The van der Waals surface area contributed by atoms with E-state index in [-0.39, 0.29) is 30.1 Å². The molecule has 0 spiro atoms. The van der Waals surface area contributed by atoms with Crippen LogP contribution >= 0.6 is 0 Å². The average Bonchev–Trinajstić information content (AvgIpc) is 3.46. The number of ether oxygens (including phenoxy) is 2. The molecule has 11 nitrogen and oxygen atoms in total. The Bertz CT molecular complexity index is 1550. The van der Waals surface area contributed by atoms with Crippen LogP contribution in [0.5, 0.6) is 11.5 Å². The van der Waals surface area contributed by atoms with Crippen LogP contribution in [-0.4, -0.2) is 40.5 Å². The zero-order valence-corrected chi connectivity index (χ0v) is 22.9. The number of nitrogens with one attached hydrogen (secondary N) is 3. The lowest BCUT2D eigenvalue weighted by Gasteiger charge is -2.20. The second-order valence-corrected chi connectivity index (χ2v) is 9.53. The highest BCUT2D eigenvalue weighted by atomic mass is 16.5. The Labute approximate surface area is 236 Å². The Kier molecular flexibility index (Phi) is 8.88. The summed E-state index contributed by atoms with van der Waals surface area (Å²) in [4.78, 5) is 28.6. The molecule has 0 radical (unpaired) electrons. The monoisotopic (exact) mass is 557 g/mol. The summed E-state index contributed by atoms with van der Waals surface area (Å²) in [5, 5.41) is 23.0. The molecule has 3 aromatic carbocycles. The SMILES string of the molecule is Cc1ccc(NCc2cc(-c3cnco3)cc(OC(C)C)c2OCC(=O)O)c(C(=O)Nc2ccc(C(=N)N)cc2)c1. The van der Waals surface area contributed by atoms with Crippen LogP contribution in [0.4, 0.5) is 11.4 Å². The molecular formula is C30H31N5O6. The molecule has 212 valence electrons. The molecule has 4 rings (SSSR count). The van der Waals surface area contributed by atoms with Gasteiger partial charge in [-0.1, -0.05) is 11.6 Å². The highest BCUT2D eigenvalue weighted by molar-refractivity contribution is 6.08. The van der Waals surface area contributed by atoms with E-state index in [1.807, 2.05) is 26.8 Å². The van der Waals surface area contributed by atoms with Gasteiger partial charge in [0.05, 0.1) is 17.9 Å². The van der Waals surface area contributed by atoms with Crippen molar-refractivity contribution in [3.05, 3.63) is 89.4 Å². The molecule has 1 heterocycles. The van der Waals surface area contributed by atoms with Crippen molar-refractivity contribution in [2.45, 2.75) is 33.4 Å². The zero-order valence-electron chi connectivity index (χ0n) is 22.9. The minimum absolute atomic E-state index is 0.0610. The van der Waals surface area contributed by atoms with Crippen LogP contribution in [0.25, 0.3) is 11.3 Å². The van der Waals surface area contributed by atoms with Gasteiger partial charge in [0.25, 0.3) is 5.91 Å². The topological polar surface area (TPSA) is 173 Å². The largest absolute Gasteiger partial charge is 0.487 e. The third-order valence-corrected chi connectivity index (χ3v) is 5.89. The molecule has 6 N–H and O–H groups in total. The number of anilines is 2. The van der Waals surface area contributed by atoms with Gasteiger partial charge in [0, 0.05) is 34.6 Å². The molecule has 11 heteroatoms. The van der Waals surface area contributed by atoms with Gasteiger partial charge < -0.3 is 35.4 Å². The van der Waals surface area contributed by atoms with Gasteiger partial charge >= 0.3 is 5.97 Å². The fourth-order valence-electron chi connectivity index (χ4n) is 4.05. The number of aryl methyl sites for hydroxylation is 1. The maximum atomic E-state index is 13.3. The molecule has 0 bridgehead atoms. The quantitative estimate of drug-likeness (QED) is 0.118. The van der Waals surface area contributed by atoms with Gasteiger partial charge in [0.2, 0.25) is 0 Å². The number of amides is 1. The first-order chi connectivity index (χ1) is 19.6. The van der Waals surface area contributed by atoms with Crippen LogP contribution in [0.2, 0.25) is 0 Å². The molecule has 1 amide bonds. The van der Waals surface area contributed by atoms with Gasteiger partial charge in [-0.15, -0.1) is 0 Å². The first-order valence-corrected chi connectivity index (χ1v) is 12.8. The number of hydrogen-bond acceptors (Lipinski definition) is 8. The number of rotatable bonds is 12. The van der Waals surface area contributed by atoms with Gasteiger partial charge in [-0.3, -0.25) is 10.2 Å². The molecule has 1 aromatic heterocycles. The third kappa shape index (κ3) is 7.41. The summed E-state index contributed by atoms with van der Waals surface area (Å²) in [6, 6.07) is 15.6. The highest BCUT2D eigenvalue weighted by Gasteiger charge is 2.20. The molecule has 4 aromatic rings. The summed E-state index contributed by atoms with van der Waals surface area (Å²) >= 11 is 0. The number of carbonyl (C=O) groups excluding carboxylic acids is 1. The van der Waals surface area contributed by atoms with Gasteiger partial charge in [0.15, 0.2) is 30.3 Å². The minimum atomic E-state index is -1.13. The van der Waals surface area contributed by atoms with E-state index in [1.165, 1.54) is 6.39 Å². The molecule has 0 saturated heterocycles. The number of hydrogen-bond donors (Lipinski definition) is 5. The number of nitrogen functional groups attached to an aromatic ring is 1. The van der Waals surface area contributed by atoms with E-state index in [9.17, 15) is 14.7 Å². The first-order valence-electron chi connectivity index (χ1n) is 12.8. The van der Waals surface area contributed by atoms with Crippen molar-refractivity contribution < 1.29 is 28.6 Å². The third-order valence-electron chi connectivity index (χ3n) is 5.89. The van der Waals surface area contributed by atoms with E-state index in [0.29, 0.717) is 45.1 Å². The molecule has 0 unspecified atom stereocenters. The van der Waals surface area contributed by atoms with Crippen molar-refractivity contribution in [2.24, 2.45) is 5.73 Å². The number of benzene rings is 3. The number of carboxylic acid groups (broad SMARTS) is 1. The summed E-state index contributed by atoms with van der Waals surface area (Å²) in [5.41, 5.74) is 9.71. The summed E-state index contributed by atoms with van der Waals surface area (Å²) in [5.74, 6) is -0.422. The van der Waals surface area contributed by atoms with Crippen molar-refractivity contribution in [1.82, 2.24) is 4.98 Å². The molecule has 0 saturated carbocycles. The predicted molar refractivity (Wildman–Crippen MR) is 155 cm³/mol. The van der Waals surface area contributed by atoms with Gasteiger partial charge in [0.1, 0.15) is 5.84 Å². The second kappa shape index (κ2) is 12.7. The number of carboxylic acids is 1. The fourth-order valence-corrected chi connectivity index (χ4v) is 4.05. The Morgan fingerprint density at radius 2 is 1.88 bits per heavy atom.